The smallest absolute Gasteiger partial charge is 0.135 e. The Kier molecular flexibility index (Phi) is 7.21. The van der Waals surface area contributed by atoms with E-state index in [9.17, 15) is 0 Å². The second-order valence-electron chi connectivity index (χ2n) is 8.96. The van der Waals surface area contributed by atoms with E-state index in [1.807, 2.05) is 6.07 Å². The molecule has 0 bridgehead atoms. The summed E-state index contributed by atoms with van der Waals surface area (Å²) in [5.74, 6) is 2.06. The number of hydrogen-bond acceptors (Lipinski definition) is 6. The molecule has 1 aromatic heterocycles. The molecule has 2 N–H and O–H groups in total. The normalized spacial score (nSPS) is 15.0. The van der Waals surface area contributed by atoms with Crippen LogP contribution in [0.4, 0.5) is 22.9 Å². The maximum Gasteiger partial charge on any atom is 0.135 e. The molecule has 33 heavy (non-hydrogen) atoms. The zero-order valence-electron chi connectivity index (χ0n) is 20.6. The lowest BCUT2D eigenvalue weighted by Crippen LogP contribution is -2.38. The van der Waals surface area contributed by atoms with Gasteiger partial charge >= 0.3 is 0 Å². The highest BCUT2D eigenvalue weighted by molar-refractivity contribution is 5.90. The number of para-hydroxylation sites is 2. The minimum atomic E-state index is 0.537. The summed E-state index contributed by atoms with van der Waals surface area (Å²) < 4.78 is 0. The number of hydrogen-bond donors (Lipinski definition) is 1. The van der Waals surface area contributed by atoms with Crippen LogP contribution >= 0.6 is 0 Å². The zero-order chi connectivity index (χ0) is 23.4. The van der Waals surface area contributed by atoms with E-state index < -0.39 is 0 Å². The van der Waals surface area contributed by atoms with Crippen molar-refractivity contribution in [1.29, 1.82) is 0 Å². The van der Waals surface area contributed by atoms with Crippen LogP contribution in [-0.4, -0.2) is 49.7 Å². The van der Waals surface area contributed by atoms with Gasteiger partial charge in [0.1, 0.15) is 11.6 Å². The fraction of sp³-hybridized carbons (Fsp3) is 0.481. The number of rotatable bonds is 7. The Balaban J connectivity index is 0.000000160. The number of nitrogens with two attached hydrogens (primary N) is 1. The van der Waals surface area contributed by atoms with E-state index >= 15 is 0 Å². The molecule has 2 aliphatic rings. The first kappa shape index (κ1) is 23.1. The Labute approximate surface area is 198 Å². The van der Waals surface area contributed by atoms with Gasteiger partial charge in [-0.1, -0.05) is 12.1 Å². The SMILES string of the molecule is CCN(C)c1ccc2nc(C3CC3)nc(N)c2c1.CCN(CC)c1ccccc1N1CCC1. The summed E-state index contributed by atoms with van der Waals surface area (Å²) in [7, 11) is 2.07. The quantitative estimate of drug-likeness (QED) is 0.532. The minimum absolute atomic E-state index is 0.537. The highest BCUT2D eigenvalue weighted by atomic mass is 15.2. The van der Waals surface area contributed by atoms with Crippen LogP contribution in [0.2, 0.25) is 0 Å². The van der Waals surface area contributed by atoms with Gasteiger partial charge in [0.25, 0.3) is 0 Å². The van der Waals surface area contributed by atoms with Gasteiger partial charge in [-0.15, -0.1) is 0 Å². The van der Waals surface area contributed by atoms with E-state index in [4.69, 9.17) is 5.73 Å². The van der Waals surface area contributed by atoms with Gasteiger partial charge in [-0.25, -0.2) is 9.97 Å². The summed E-state index contributed by atoms with van der Waals surface area (Å²) in [6.45, 7) is 12.1. The van der Waals surface area contributed by atoms with Crippen LogP contribution in [0.15, 0.2) is 42.5 Å². The molecule has 1 aliphatic heterocycles. The van der Waals surface area contributed by atoms with Gasteiger partial charge in [0, 0.05) is 56.8 Å². The molecule has 176 valence electrons. The number of nitrogens with zero attached hydrogens (tertiary/aromatic N) is 5. The largest absolute Gasteiger partial charge is 0.383 e. The molecule has 2 fully saturated rings. The molecule has 3 aromatic rings. The van der Waals surface area contributed by atoms with Gasteiger partial charge in [0.2, 0.25) is 0 Å². The maximum absolute atomic E-state index is 6.06. The summed E-state index contributed by atoms with van der Waals surface area (Å²) >= 11 is 0. The molecule has 0 radical (unpaired) electrons. The van der Waals surface area contributed by atoms with Gasteiger partial charge < -0.3 is 20.4 Å². The predicted molar refractivity (Wildman–Crippen MR) is 142 cm³/mol. The molecular weight excluding hydrogens is 408 g/mol. The van der Waals surface area contributed by atoms with Crippen molar-refractivity contribution in [3.63, 3.8) is 0 Å². The Bertz CT molecular complexity index is 1070. The van der Waals surface area contributed by atoms with Gasteiger partial charge in [-0.05, 0) is 70.4 Å². The van der Waals surface area contributed by atoms with Gasteiger partial charge in [-0.3, -0.25) is 0 Å². The monoisotopic (exact) mass is 446 g/mol. The first-order valence-corrected chi connectivity index (χ1v) is 12.4. The average Bonchev–Trinajstić information content (AvgIpc) is 3.65. The molecule has 0 amide bonds. The molecule has 0 spiro atoms. The van der Waals surface area contributed by atoms with Crippen LogP contribution in [0, 0.1) is 0 Å². The molecule has 2 heterocycles. The third-order valence-electron chi connectivity index (χ3n) is 6.77. The summed E-state index contributed by atoms with van der Waals surface area (Å²) in [6.07, 6.45) is 3.73. The Morgan fingerprint density at radius 1 is 0.970 bits per heavy atom. The van der Waals surface area contributed by atoms with E-state index in [2.05, 4.69) is 88.9 Å². The lowest BCUT2D eigenvalue weighted by atomic mass is 10.1. The van der Waals surface area contributed by atoms with Crippen molar-refractivity contribution in [3.8, 4) is 0 Å². The number of nitrogen functional groups attached to an aromatic ring is 1. The van der Waals surface area contributed by atoms with Crippen molar-refractivity contribution in [2.45, 2.75) is 46.0 Å². The van der Waals surface area contributed by atoms with Crippen molar-refractivity contribution < 1.29 is 0 Å². The molecule has 2 aromatic carbocycles. The molecule has 0 atom stereocenters. The van der Waals surface area contributed by atoms with E-state index in [0.29, 0.717) is 11.7 Å². The molecule has 1 saturated carbocycles. The molecular formula is C27H38N6. The predicted octanol–water partition coefficient (Wildman–Crippen LogP) is 5.29. The molecule has 1 saturated heterocycles. The number of aromatic nitrogens is 2. The fourth-order valence-corrected chi connectivity index (χ4v) is 4.22. The number of benzene rings is 2. The molecule has 1 aliphatic carbocycles. The standard InChI is InChI=1S/C14H18N4.C13H20N2/c1-3-18(2)10-6-7-12-11(8-10)13(15)17-14(16-12)9-4-5-9;1-3-14(4-2)12-8-5-6-9-13(12)15-10-7-11-15/h6-9H,3-5H2,1-2H3,(H2,15,16,17);5-6,8-9H,3-4,7,10-11H2,1-2H3. The second kappa shape index (κ2) is 10.3. The van der Waals surface area contributed by atoms with Gasteiger partial charge in [0.05, 0.1) is 16.9 Å². The van der Waals surface area contributed by atoms with Crippen LogP contribution in [0.1, 0.15) is 51.8 Å². The highest BCUT2D eigenvalue weighted by Gasteiger charge is 2.27. The summed E-state index contributed by atoms with van der Waals surface area (Å²) in [6, 6.07) is 15.0. The average molecular weight is 447 g/mol. The Morgan fingerprint density at radius 2 is 1.70 bits per heavy atom. The van der Waals surface area contributed by atoms with Crippen LogP contribution in [0.3, 0.4) is 0 Å². The molecule has 5 rings (SSSR count). The van der Waals surface area contributed by atoms with Crippen LogP contribution in [0.5, 0.6) is 0 Å². The second-order valence-corrected chi connectivity index (χ2v) is 8.96. The van der Waals surface area contributed by atoms with E-state index in [0.717, 1.165) is 42.0 Å². The fourth-order valence-electron chi connectivity index (χ4n) is 4.22. The van der Waals surface area contributed by atoms with Crippen LogP contribution in [0.25, 0.3) is 10.9 Å². The van der Waals surface area contributed by atoms with Crippen molar-refractivity contribution in [2.24, 2.45) is 0 Å². The first-order chi connectivity index (χ1) is 16.0. The highest BCUT2D eigenvalue weighted by Crippen LogP contribution is 2.39. The first-order valence-electron chi connectivity index (χ1n) is 12.4. The van der Waals surface area contributed by atoms with Crippen LogP contribution in [-0.2, 0) is 0 Å². The summed E-state index contributed by atoms with van der Waals surface area (Å²) in [4.78, 5) is 16.1. The van der Waals surface area contributed by atoms with E-state index in [1.54, 1.807) is 0 Å². The Hall–Kier alpha value is -3.02. The third kappa shape index (κ3) is 5.15. The molecule has 0 unspecified atom stereocenters. The van der Waals surface area contributed by atoms with Crippen molar-refractivity contribution in [2.75, 3.05) is 60.2 Å². The molecule has 6 heteroatoms. The number of anilines is 4. The lowest BCUT2D eigenvalue weighted by molar-refractivity contribution is 0.616. The third-order valence-corrected chi connectivity index (χ3v) is 6.77. The number of fused-ring (bicyclic) bond motifs is 1. The van der Waals surface area contributed by atoms with E-state index in [-0.39, 0.29) is 0 Å². The molecule has 6 nitrogen and oxygen atoms in total. The van der Waals surface area contributed by atoms with Crippen molar-refractivity contribution in [1.82, 2.24) is 9.97 Å². The zero-order valence-corrected chi connectivity index (χ0v) is 20.6. The Morgan fingerprint density at radius 3 is 2.30 bits per heavy atom. The lowest BCUT2D eigenvalue weighted by Gasteiger charge is -2.37. The topological polar surface area (TPSA) is 61.5 Å². The van der Waals surface area contributed by atoms with Crippen molar-refractivity contribution in [3.05, 3.63) is 48.3 Å². The summed E-state index contributed by atoms with van der Waals surface area (Å²) in [5, 5.41) is 0.956. The van der Waals surface area contributed by atoms with Crippen LogP contribution < -0.4 is 20.4 Å². The summed E-state index contributed by atoms with van der Waals surface area (Å²) in [5.41, 5.74) is 11.0. The maximum atomic E-state index is 6.06. The van der Waals surface area contributed by atoms with E-state index in [1.165, 1.54) is 43.7 Å². The minimum Gasteiger partial charge on any atom is -0.383 e. The van der Waals surface area contributed by atoms with Gasteiger partial charge in [-0.2, -0.15) is 0 Å². The van der Waals surface area contributed by atoms with Gasteiger partial charge in [0.15, 0.2) is 0 Å². The van der Waals surface area contributed by atoms with Crippen molar-refractivity contribution >= 4 is 33.8 Å².